The fourth-order valence-corrected chi connectivity index (χ4v) is 2.74. The highest BCUT2D eigenvalue weighted by atomic mass is 32.1. The molecule has 1 aromatic heterocycles. The smallest absolute Gasteiger partial charge is 0.261 e. The summed E-state index contributed by atoms with van der Waals surface area (Å²) in [5.41, 5.74) is -0.314. The van der Waals surface area contributed by atoms with E-state index in [9.17, 15) is 14.4 Å². The molecule has 3 amide bonds. The molecule has 0 unspecified atom stereocenters. The highest BCUT2D eigenvalue weighted by Gasteiger charge is 2.19. The van der Waals surface area contributed by atoms with E-state index in [1.165, 1.54) is 16.2 Å². The van der Waals surface area contributed by atoms with Gasteiger partial charge in [-0.2, -0.15) is 0 Å². The lowest BCUT2D eigenvalue weighted by atomic mass is 10.1. The highest BCUT2D eigenvalue weighted by molar-refractivity contribution is 7.12. The molecule has 0 bridgehead atoms. The number of nitrogens with zero attached hydrogens (tertiary/aromatic N) is 1. The molecular formula is C17H27N3O3S. The first-order valence-electron chi connectivity index (χ1n) is 8.13. The van der Waals surface area contributed by atoms with Crippen molar-refractivity contribution < 1.29 is 14.4 Å². The van der Waals surface area contributed by atoms with Crippen LogP contribution >= 0.6 is 11.3 Å². The lowest BCUT2D eigenvalue weighted by molar-refractivity contribution is -0.136. The Morgan fingerprint density at radius 2 is 1.96 bits per heavy atom. The second-order valence-corrected chi connectivity index (χ2v) is 7.49. The minimum Gasteiger partial charge on any atom is -0.351 e. The highest BCUT2D eigenvalue weighted by Crippen LogP contribution is 2.07. The van der Waals surface area contributed by atoms with Gasteiger partial charge in [-0.1, -0.05) is 6.07 Å². The van der Waals surface area contributed by atoms with Crippen LogP contribution in [0.4, 0.5) is 0 Å². The molecule has 134 valence electrons. The number of hydrogen-bond donors (Lipinski definition) is 2. The Bertz CT molecular complexity index is 550. The first-order chi connectivity index (χ1) is 11.2. The molecule has 7 heteroatoms. The van der Waals surface area contributed by atoms with Crippen LogP contribution in [0.1, 0.15) is 50.2 Å². The molecule has 0 spiro atoms. The number of rotatable bonds is 8. The molecule has 0 fully saturated rings. The van der Waals surface area contributed by atoms with Crippen molar-refractivity contribution in [1.82, 2.24) is 15.5 Å². The SMILES string of the molecule is CCN(CC(=O)NC(C)(C)C)C(=O)CCCNC(=O)c1cccs1. The topological polar surface area (TPSA) is 78.5 Å². The Labute approximate surface area is 147 Å². The normalized spacial score (nSPS) is 11.0. The summed E-state index contributed by atoms with van der Waals surface area (Å²) in [6.07, 6.45) is 0.856. The number of hydrogen-bond acceptors (Lipinski definition) is 4. The third kappa shape index (κ3) is 7.59. The van der Waals surface area contributed by atoms with Crippen LogP contribution in [0, 0.1) is 0 Å². The fourth-order valence-electron chi connectivity index (χ4n) is 2.10. The summed E-state index contributed by atoms with van der Waals surface area (Å²) in [5.74, 6) is -0.356. The van der Waals surface area contributed by atoms with Gasteiger partial charge in [0.1, 0.15) is 0 Å². The van der Waals surface area contributed by atoms with Crippen LogP contribution in [0.2, 0.25) is 0 Å². The zero-order valence-corrected chi connectivity index (χ0v) is 15.7. The number of nitrogens with one attached hydrogen (secondary N) is 2. The molecule has 1 rings (SSSR count). The Morgan fingerprint density at radius 3 is 2.50 bits per heavy atom. The molecule has 24 heavy (non-hydrogen) atoms. The van der Waals surface area contributed by atoms with Gasteiger partial charge >= 0.3 is 0 Å². The third-order valence-electron chi connectivity index (χ3n) is 3.18. The first-order valence-corrected chi connectivity index (χ1v) is 9.01. The molecule has 0 saturated heterocycles. The van der Waals surface area contributed by atoms with Gasteiger partial charge in [0.25, 0.3) is 5.91 Å². The zero-order chi connectivity index (χ0) is 18.2. The van der Waals surface area contributed by atoms with Crippen LogP contribution in [0.15, 0.2) is 17.5 Å². The summed E-state index contributed by atoms with van der Waals surface area (Å²) >= 11 is 1.38. The number of thiophene rings is 1. The number of carbonyl (C=O) groups is 3. The van der Waals surface area contributed by atoms with E-state index >= 15 is 0 Å². The van der Waals surface area contributed by atoms with Gasteiger partial charge in [-0.3, -0.25) is 14.4 Å². The van der Waals surface area contributed by atoms with E-state index in [0.717, 1.165) is 0 Å². The van der Waals surface area contributed by atoms with Gasteiger partial charge in [-0.05, 0) is 45.6 Å². The van der Waals surface area contributed by atoms with E-state index in [0.29, 0.717) is 30.8 Å². The molecule has 6 nitrogen and oxygen atoms in total. The number of likely N-dealkylation sites (N-methyl/N-ethyl adjacent to an activating group) is 1. The standard InChI is InChI=1S/C17H27N3O3S/c1-5-20(12-14(21)19-17(2,3)4)15(22)9-6-10-18-16(23)13-8-7-11-24-13/h7-8,11H,5-6,9-10,12H2,1-4H3,(H,18,23)(H,19,21). The van der Waals surface area contributed by atoms with E-state index in [4.69, 9.17) is 0 Å². The maximum Gasteiger partial charge on any atom is 0.261 e. The molecule has 1 heterocycles. The van der Waals surface area contributed by atoms with Crippen LogP contribution in [0.3, 0.4) is 0 Å². The minimum atomic E-state index is -0.314. The average Bonchev–Trinajstić information content (AvgIpc) is 3.01. The Balaban J connectivity index is 2.31. The second-order valence-electron chi connectivity index (χ2n) is 6.54. The van der Waals surface area contributed by atoms with E-state index < -0.39 is 0 Å². The van der Waals surface area contributed by atoms with Crippen molar-refractivity contribution in [2.45, 2.75) is 46.1 Å². The van der Waals surface area contributed by atoms with Crippen molar-refractivity contribution in [2.75, 3.05) is 19.6 Å². The van der Waals surface area contributed by atoms with Crippen molar-refractivity contribution >= 4 is 29.1 Å². The van der Waals surface area contributed by atoms with Crippen molar-refractivity contribution in [3.8, 4) is 0 Å². The van der Waals surface area contributed by atoms with Gasteiger partial charge in [-0.15, -0.1) is 11.3 Å². The van der Waals surface area contributed by atoms with Crippen LogP contribution in [-0.2, 0) is 9.59 Å². The molecule has 1 aromatic rings. The van der Waals surface area contributed by atoms with Gasteiger partial charge in [0, 0.05) is 25.0 Å². The predicted molar refractivity (Wildman–Crippen MR) is 96.0 cm³/mol. The molecule has 0 aliphatic heterocycles. The van der Waals surface area contributed by atoms with Gasteiger partial charge in [0.05, 0.1) is 11.4 Å². The van der Waals surface area contributed by atoms with Gasteiger partial charge in [0.2, 0.25) is 11.8 Å². The number of amides is 3. The van der Waals surface area contributed by atoms with Crippen molar-refractivity contribution in [1.29, 1.82) is 0 Å². The average molecular weight is 353 g/mol. The van der Waals surface area contributed by atoms with E-state index in [-0.39, 0.29) is 29.8 Å². The van der Waals surface area contributed by atoms with Crippen LogP contribution in [0.5, 0.6) is 0 Å². The summed E-state index contributed by atoms with van der Waals surface area (Å²) in [7, 11) is 0. The van der Waals surface area contributed by atoms with Gasteiger partial charge in [0.15, 0.2) is 0 Å². The lowest BCUT2D eigenvalue weighted by Gasteiger charge is -2.25. The Kier molecular flexibility index (Phi) is 7.91. The molecule has 2 N–H and O–H groups in total. The fraction of sp³-hybridized carbons (Fsp3) is 0.588. The van der Waals surface area contributed by atoms with Crippen LogP contribution < -0.4 is 10.6 Å². The molecule has 0 saturated carbocycles. The molecule has 0 aliphatic carbocycles. The Morgan fingerprint density at radius 1 is 1.25 bits per heavy atom. The first kappa shape index (κ1) is 20.2. The summed E-state index contributed by atoms with van der Waals surface area (Å²) < 4.78 is 0. The minimum absolute atomic E-state index is 0.0636. The maximum atomic E-state index is 12.2. The molecule has 0 atom stereocenters. The monoisotopic (exact) mass is 353 g/mol. The lowest BCUT2D eigenvalue weighted by Crippen LogP contribution is -2.47. The molecule has 0 aromatic carbocycles. The van der Waals surface area contributed by atoms with E-state index in [1.54, 1.807) is 6.07 Å². The van der Waals surface area contributed by atoms with Crippen molar-refractivity contribution in [3.63, 3.8) is 0 Å². The summed E-state index contributed by atoms with van der Waals surface area (Å²) in [6.45, 7) is 8.54. The summed E-state index contributed by atoms with van der Waals surface area (Å²) in [6, 6.07) is 3.59. The quantitative estimate of drug-likeness (QED) is 0.702. The maximum absolute atomic E-state index is 12.2. The van der Waals surface area contributed by atoms with Crippen molar-refractivity contribution in [2.24, 2.45) is 0 Å². The summed E-state index contributed by atoms with van der Waals surface area (Å²) in [5, 5.41) is 7.49. The largest absolute Gasteiger partial charge is 0.351 e. The molecule has 0 aliphatic rings. The van der Waals surface area contributed by atoms with Crippen molar-refractivity contribution in [3.05, 3.63) is 22.4 Å². The zero-order valence-electron chi connectivity index (χ0n) is 14.8. The molecule has 0 radical (unpaired) electrons. The van der Waals surface area contributed by atoms with Crippen LogP contribution in [0.25, 0.3) is 0 Å². The predicted octanol–water partition coefficient (Wildman–Crippen LogP) is 2.02. The van der Waals surface area contributed by atoms with Crippen LogP contribution in [-0.4, -0.2) is 47.8 Å². The van der Waals surface area contributed by atoms with E-state index in [2.05, 4.69) is 10.6 Å². The molecular weight excluding hydrogens is 326 g/mol. The summed E-state index contributed by atoms with van der Waals surface area (Å²) in [4.78, 5) is 38.1. The van der Waals surface area contributed by atoms with E-state index in [1.807, 2.05) is 39.1 Å². The Hall–Kier alpha value is -1.89. The third-order valence-corrected chi connectivity index (χ3v) is 4.05. The second kappa shape index (κ2) is 9.42. The van der Waals surface area contributed by atoms with Gasteiger partial charge < -0.3 is 15.5 Å². The van der Waals surface area contributed by atoms with Gasteiger partial charge in [-0.25, -0.2) is 0 Å². The number of carbonyl (C=O) groups excluding carboxylic acids is 3.